The van der Waals surface area contributed by atoms with Crippen molar-refractivity contribution in [2.75, 3.05) is 13.2 Å². The SMILES string of the molecule is CC=CCOc1ccc(S(=O)(=O)c2ccc(OCC=CC)cc2)cc1. The number of ether oxygens (including phenoxy) is 2. The first-order chi connectivity index (χ1) is 12.1. The van der Waals surface area contributed by atoms with E-state index in [2.05, 4.69) is 0 Å². The summed E-state index contributed by atoms with van der Waals surface area (Å²) in [5.41, 5.74) is 0. The molecular formula is C20H22O4S. The van der Waals surface area contributed by atoms with Crippen LogP contribution in [-0.4, -0.2) is 21.6 Å². The Hall–Kier alpha value is -2.53. The van der Waals surface area contributed by atoms with Gasteiger partial charge < -0.3 is 9.47 Å². The second-order valence-electron chi connectivity index (χ2n) is 5.21. The molecule has 0 saturated heterocycles. The third kappa shape index (κ3) is 5.22. The summed E-state index contributed by atoms with van der Waals surface area (Å²) in [7, 11) is -3.56. The lowest BCUT2D eigenvalue weighted by Gasteiger charge is -2.08. The molecule has 25 heavy (non-hydrogen) atoms. The number of allylic oxidation sites excluding steroid dienone is 2. The highest BCUT2D eigenvalue weighted by atomic mass is 32.2. The average molecular weight is 358 g/mol. The van der Waals surface area contributed by atoms with Crippen LogP contribution in [0.2, 0.25) is 0 Å². The van der Waals surface area contributed by atoms with Crippen molar-refractivity contribution in [2.45, 2.75) is 23.6 Å². The standard InChI is InChI=1S/C20H22O4S/c1-3-5-15-23-17-7-11-19(12-8-17)25(21,22)20-13-9-18(10-14-20)24-16-6-4-2/h3-14H,15-16H2,1-2H3. The quantitative estimate of drug-likeness (QED) is 0.655. The minimum Gasteiger partial charge on any atom is -0.490 e. The summed E-state index contributed by atoms with van der Waals surface area (Å²) in [5.74, 6) is 1.26. The Morgan fingerprint density at radius 1 is 0.720 bits per heavy atom. The average Bonchev–Trinajstić information content (AvgIpc) is 2.63. The zero-order chi connectivity index (χ0) is 18.1. The summed E-state index contributed by atoms with van der Waals surface area (Å²) in [4.78, 5) is 0.460. The predicted molar refractivity (Wildman–Crippen MR) is 99.0 cm³/mol. The molecule has 2 rings (SSSR count). The van der Waals surface area contributed by atoms with Crippen LogP contribution < -0.4 is 9.47 Å². The van der Waals surface area contributed by atoms with Gasteiger partial charge in [-0.3, -0.25) is 0 Å². The molecule has 0 heterocycles. The van der Waals surface area contributed by atoms with E-state index in [1.165, 1.54) is 0 Å². The fourth-order valence-corrected chi connectivity index (χ4v) is 3.31. The van der Waals surface area contributed by atoms with Gasteiger partial charge in [-0.15, -0.1) is 0 Å². The molecule has 0 N–H and O–H groups in total. The van der Waals surface area contributed by atoms with Crippen LogP contribution in [-0.2, 0) is 9.84 Å². The third-order valence-corrected chi connectivity index (χ3v) is 5.22. The van der Waals surface area contributed by atoms with Gasteiger partial charge in [-0.05, 0) is 62.4 Å². The molecule has 0 aliphatic rings. The summed E-state index contributed by atoms with van der Waals surface area (Å²) >= 11 is 0. The van der Waals surface area contributed by atoms with Crippen LogP contribution in [0, 0.1) is 0 Å². The monoisotopic (exact) mass is 358 g/mol. The van der Waals surface area contributed by atoms with E-state index in [-0.39, 0.29) is 9.79 Å². The number of hydrogen-bond donors (Lipinski definition) is 0. The van der Waals surface area contributed by atoms with E-state index in [4.69, 9.17) is 9.47 Å². The Kier molecular flexibility index (Phi) is 6.83. The Balaban J connectivity index is 2.12. The van der Waals surface area contributed by atoms with Crippen LogP contribution in [0.5, 0.6) is 11.5 Å². The van der Waals surface area contributed by atoms with E-state index < -0.39 is 9.84 Å². The molecule has 4 nitrogen and oxygen atoms in total. The molecule has 132 valence electrons. The zero-order valence-electron chi connectivity index (χ0n) is 14.4. The number of rotatable bonds is 8. The van der Waals surface area contributed by atoms with Crippen molar-refractivity contribution in [1.82, 2.24) is 0 Å². The number of sulfone groups is 1. The topological polar surface area (TPSA) is 52.6 Å². The van der Waals surface area contributed by atoms with Crippen LogP contribution in [0.25, 0.3) is 0 Å². The second-order valence-corrected chi connectivity index (χ2v) is 7.16. The zero-order valence-corrected chi connectivity index (χ0v) is 15.2. The van der Waals surface area contributed by atoms with Gasteiger partial charge in [-0.1, -0.05) is 24.3 Å². The van der Waals surface area contributed by atoms with Gasteiger partial charge in [-0.25, -0.2) is 8.42 Å². The molecule has 0 spiro atoms. The maximum absolute atomic E-state index is 12.7. The molecule has 0 unspecified atom stereocenters. The Labute approximate surface area is 149 Å². The fourth-order valence-electron chi connectivity index (χ4n) is 2.05. The minimum absolute atomic E-state index is 0.230. The van der Waals surface area contributed by atoms with E-state index in [1.54, 1.807) is 48.5 Å². The van der Waals surface area contributed by atoms with Crippen molar-refractivity contribution in [3.8, 4) is 11.5 Å². The van der Waals surface area contributed by atoms with Crippen LogP contribution in [0.4, 0.5) is 0 Å². The molecule has 5 heteroatoms. The van der Waals surface area contributed by atoms with Gasteiger partial charge in [0.15, 0.2) is 0 Å². The highest BCUT2D eigenvalue weighted by Gasteiger charge is 2.17. The highest BCUT2D eigenvalue weighted by molar-refractivity contribution is 7.91. The predicted octanol–water partition coefficient (Wildman–Crippen LogP) is 4.43. The van der Waals surface area contributed by atoms with Crippen molar-refractivity contribution >= 4 is 9.84 Å². The lowest BCUT2D eigenvalue weighted by molar-refractivity contribution is 0.362. The fraction of sp³-hybridized carbons (Fsp3) is 0.200. The molecular weight excluding hydrogens is 336 g/mol. The normalized spacial score (nSPS) is 11.9. The van der Waals surface area contributed by atoms with Crippen molar-refractivity contribution in [1.29, 1.82) is 0 Å². The number of benzene rings is 2. The van der Waals surface area contributed by atoms with Gasteiger partial charge in [0, 0.05) is 0 Å². The molecule has 0 aromatic heterocycles. The van der Waals surface area contributed by atoms with Crippen LogP contribution in [0.1, 0.15) is 13.8 Å². The Morgan fingerprint density at radius 2 is 1.08 bits per heavy atom. The molecule has 0 aliphatic heterocycles. The van der Waals surface area contributed by atoms with Gasteiger partial charge in [0.1, 0.15) is 24.7 Å². The van der Waals surface area contributed by atoms with E-state index >= 15 is 0 Å². The van der Waals surface area contributed by atoms with Crippen molar-refractivity contribution in [3.63, 3.8) is 0 Å². The molecule has 0 atom stereocenters. The largest absolute Gasteiger partial charge is 0.490 e. The van der Waals surface area contributed by atoms with E-state index in [0.717, 1.165) is 0 Å². The van der Waals surface area contributed by atoms with Crippen LogP contribution in [0.3, 0.4) is 0 Å². The first-order valence-corrected chi connectivity index (χ1v) is 9.49. The number of hydrogen-bond acceptors (Lipinski definition) is 4. The van der Waals surface area contributed by atoms with Crippen molar-refractivity contribution in [2.24, 2.45) is 0 Å². The molecule has 0 aliphatic carbocycles. The first-order valence-electron chi connectivity index (χ1n) is 8.01. The van der Waals surface area contributed by atoms with Gasteiger partial charge in [0.05, 0.1) is 9.79 Å². The van der Waals surface area contributed by atoms with Gasteiger partial charge in [0.2, 0.25) is 9.84 Å². The molecule has 0 saturated carbocycles. The summed E-state index contributed by atoms with van der Waals surface area (Å²) < 4.78 is 36.3. The highest BCUT2D eigenvalue weighted by Crippen LogP contribution is 2.25. The van der Waals surface area contributed by atoms with Crippen molar-refractivity contribution < 1.29 is 17.9 Å². The molecule has 2 aromatic rings. The van der Waals surface area contributed by atoms with Gasteiger partial charge in [-0.2, -0.15) is 0 Å². The smallest absolute Gasteiger partial charge is 0.206 e. The first kappa shape index (κ1) is 18.8. The molecule has 0 bridgehead atoms. The molecule has 0 fully saturated rings. The summed E-state index contributed by atoms with van der Waals surface area (Å²) in [6, 6.07) is 12.8. The summed E-state index contributed by atoms with van der Waals surface area (Å²) in [5, 5.41) is 0. The second kappa shape index (κ2) is 9.08. The van der Waals surface area contributed by atoms with Gasteiger partial charge in [0.25, 0.3) is 0 Å². The summed E-state index contributed by atoms with van der Waals surface area (Å²) in [6.07, 6.45) is 7.55. The molecule has 0 amide bonds. The molecule has 0 radical (unpaired) electrons. The third-order valence-electron chi connectivity index (χ3n) is 3.43. The van der Waals surface area contributed by atoms with E-state index in [1.807, 2.05) is 38.2 Å². The Bertz CT molecular complexity index is 752. The minimum atomic E-state index is -3.56. The summed E-state index contributed by atoms with van der Waals surface area (Å²) in [6.45, 7) is 4.74. The lowest BCUT2D eigenvalue weighted by Crippen LogP contribution is -2.02. The van der Waals surface area contributed by atoms with Crippen LogP contribution in [0.15, 0.2) is 82.6 Å². The lowest BCUT2D eigenvalue weighted by atomic mass is 10.3. The van der Waals surface area contributed by atoms with E-state index in [0.29, 0.717) is 24.7 Å². The van der Waals surface area contributed by atoms with Crippen LogP contribution >= 0.6 is 0 Å². The van der Waals surface area contributed by atoms with E-state index in [9.17, 15) is 8.42 Å². The maximum Gasteiger partial charge on any atom is 0.206 e. The Morgan fingerprint density at radius 3 is 1.40 bits per heavy atom. The van der Waals surface area contributed by atoms with Gasteiger partial charge >= 0.3 is 0 Å². The molecule has 2 aromatic carbocycles. The maximum atomic E-state index is 12.7. The van der Waals surface area contributed by atoms with Crippen molar-refractivity contribution in [3.05, 3.63) is 72.8 Å².